The van der Waals surface area contributed by atoms with E-state index in [9.17, 15) is 39.3 Å². The standard InChI is InChI=1S/C23H35N5O8S/c1-12(29)19(22(34)26-16(23(35)36)9-10-37-2)28-21(33)17(11-13-3-5-14(30)6-4-13)27-20(32)15(24)7-8-18(25)31/h3-6,12,15-17,19,29-30H,7-11,24H2,1-2H3,(H2,25,31)(H,26,34)(H,27,32)(H,28,33)(H,35,36). The van der Waals surface area contributed by atoms with Gasteiger partial charge in [0.2, 0.25) is 23.6 Å². The number of phenolic OH excluding ortho intramolecular Hbond substituents is 1. The van der Waals surface area contributed by atoms with Gasteiger partial charge in [0.1, 0.15) is 23.9 Å². The summed E-state index contributed by atoms with van der Waals surface area (Å²) in [7, 11) is 0. The third-order valence-electron chi connectivity index (χ3n) is 5.34. The minimum absolute atomic E-state index is 0.0115. The van der Waals surface area contributed by atoms with Crippen molar-refractivity contribution in [1.29, 1.82) is 0 Å². The highest BCUT2D eigenvalue weighted by Gasteiger charge is 2.32. The van der Waals surface area contributed by atoms with E-state index in [2.05, 4.69) is 16.0 Å². The second-order valence-corrected chi connectivity index (χ2v) is 9.44. The molecule has 0 bridgehead atoms. The van der Waals surface area contributed by atoms with E-state index in [1.54, 1.807) is 6.26 Å². The lowest BCUT2D eigenvalue weighted by Gasteiger charge is -2.26. The molecule has 5 unspecified atom stereocenters. The number of benzene rings is 1. The molecule has 10 N–H and O–H groups in total. The molecule has 0 heterocycles. The van der Waals surface area contributed by atoms with Crippen LogP contribution in [0.5, 0.6) is 5.75 Å². The number of carboxylic acids is 1. The Balaban J connectivity index is 3.07. The van der Waals surface area contributed by atoms with E-state index in [4.69, 9.17) is 11.5 Å². The number of aliphatic carboxylic acids is 1. The van der Waals surface area contributed by atoms with Crippen LogP contribution in [0.2, 0.25) is 0 Å². The van der Waals surface area contributed by atoms with Gasteiger partial charge >= 0.3 is 5.97 Å². The van der Waals surface area contributed by atoms with E-state index in [0.29, 0.717) is 11.3 Å². The second-order valence-electron chi connectivity index (χ2n) is 8.45. The van der Waals surface area contributed by atoms with Gasteiger partial charge in [-0.05, 0) is 49.5 Å². The average Bonchev–Trinajstić information content (AvgIpc) is 2.83. The monoisotopic (exact) mass is 541 g/mol. The summed E-state index contributed by atoms with van der Waals surface area (Å²) in [6.07, 6.45) is 0.240. The summed E-state index contributed by atoms with van der Waals surface area (Å²) in [4.78, 5) is 61.0. The van der Waals surface area contributed by atoms with E-state index in [1.165, 1.54) is 43.0 Å². The molecule has 0 spiro atoms. The van der Waals surface area contributed by atoms with Gasteiger partial charge in [-0.15, -0.1) is 0 Å². The number of carboxylic acid groups (broad SMARTS) is 1. The minimum Gasteiger partial charge on any atom is -0.508 e. The van der Waals surface area contributed by atoms with Crippen molar-refractivity contribution in [3.63, 3.8) is 0 Å². The Morgan fingerprint density at radius 2 is 1.54 bits per heavy atom. The number of aliphatic hydroxyl groups is 1. The van der Waals surface area contributed by atoms with Gasteiger partial charge in [0.25, 0.3) is 0 Å². The van der Waals surface area contributed by atoms with Crippen LogP contribution in [0.15, 0.2) is 24.3 Å². The van der Waals surface area contributed by atoms with Crippen LogP contribution in [-0.4, -0.2) is 87.2 Å². The Morgan fingerprint density at radius 1 is 0.946 bits per heavy atom. The first-order chi connectivity index (χ1) is 17.3. The highest BCUT2D eigenvalue weighted by Crippen LogP contribution is 2.12. The summed E-state index contributed by atoms with van der Waals surface area (Å²) in [5.74, 6) is -3.97. The molecule has 1 aromatic carbocycles. The number of carbonyl (C=O) groups is 5. The number of primary amides is 1. The molecule has 4 amide bonds. The van der Waals surface area contributed by atoms with Crippen molar-refractivity contribution in [2.75, 3.05) is 12.0 Å². The van der Waals surface area contributed by atoms with E-state index in [0.717, 1.165) is 0 Å². The topological polar surface area (TPSA) is 234 Å². The minimum atomic E-state index is -1.52. The molecule has 0 saturated carbocycles. The summed E-state index contributed by atoms with van der Waals surface area (Å²) in [5, 5.41) is 36.2. The molecule has 1 aromatic rings. The molecule has 0 radical (unpaired) electrons. The maximum absolute atomic E-state index is 13.1. The summed E-state index contributed by atoms with van der Waals surface area (Å²) in [6.45, 7) is 1.25. The number of phenols is 1. The smallest absolute Gasteiger partial charge is 0.326 e. The first-order valence-electron chi connectivity index (χ1n) is 11.5. The van der Waals surface area contributed by atoms with Crippen LogP contribution in [0, 0.1) is 0 Å². The van der Waals surface area contributed by atoms with Gasteiger partial charge in [-0.3, -0.25) is 19.2 Å². The zero-order valence-electron chi connectivity index (χ0n) is 20.7. The number of aromatic hydroxyl groups is 1. The lowest BCUT2D eigenvalue weighted by Crippen LogP contribution is -2.60. The largest absolute Gasteiger partial charge is 0.508 e. The second kappa shape index (κ2) is 15.7. The number of rotatable bonds is 16. The Labute approximate surface area is 218 Å². The third-order valence-corrected chi connectivity index (χ3v) is 5.98. The van der Waals surface area contributed by atoms with E-state index >= 15 is 0 Å². The molecule has 0 saturated heterocycles. The van der Waals surface area contributed by atoms with Crippen LogP contribution in [0.4, 0.5) is 0 Å². The molecule has 5 atom stereocenters. The van der Waals surface area contributed by atoms with Gasteiger partial charge in [0.05, 0.1) is 12.1 Å². The summed E-state index contributed by atoms with van der Waals surface area (Å²) >= 11 is 1.39. The molecule has 0 aromatic heterocycles. The number of hydrogen-bond acceptors (Lipinski definition) is 9. The number of amides is 4. The Morgan fingerprint density at radius 3 is 2.05 bits per heavy atom. The normalized spacial score (nSPS) is 14.9. The molecular formula is C23H35N5O8S. The van der Waals surface area contributed by atoms with Crippen LogP contribution in [0.3, 0.4) is 0 Å². The maximum atomic E-state index is 13.1. The predicted molar refractivity (Wildman–Crippen MR) is 136 cm³/mol. The highest BCUT2D eigenvalue weighted by atomic mass is 32.2. The van der Waals surface area contributed by atoms with Gasteiger partial charge in [-0.2, -0.15) is 11.8 Å². The average molecular weight is 542 g/mol. The van der Waals surface area contributed by atoms with Gasteiger partial charge in [0, 0.05) is 12.8 Å². The predicted octanol–water partition coefficient (Wildman–Crippen LogP) is -1.80. The Kier molecular flexibility index (Phi) is 13.4. The molecule has 13 nitrogen and oxygen atoms in total. The fourth-order valence-corrected chi connectivity index (χ4v) is 3.67. The Bertz CT molecular complexity index is 944. The fourth-order valence-electron chi connectivity index (χ4n) is 3.20. The van der Waals surface area contributed by atoms with E-state index in [1.807, 2.05) is 0 Å². The van der Waals surface area contributed by atoms with Crippen LogP contribution in [0.25, 0.3) is 0 Å². The summed E-state index contributed by atoms with van der Waals surface area (Å²) in [5.41, 5.74) is 11.4. The van der Waals surface area contributed by atoms with Crippen molar-refractivity contribution >= 4 is 41.4 Å². The molecule has 0 fully saturated rings. The van der Waals surface area contributed by atoms with Gasteiger partial charge in [0.15, 0.2) is 0 Å². The molecule has 0 aliphatic rings. The quantitative estimate of drug-likeness (QED) is 0.117. The summed E-state index contributed by atoms with van der Waals surface area (Å²) in [6, 6.07) is 0.659. The highest BCUT2D eigenvalue weighted by molar-refractivity contribution is 7.98. The number of thioether (sulfide) groups is 1. The lowest BCUT2D eigenvalue weighted by molar-refractivity contribution is -0.143. The van der Waals surface area contributed by atoms with Crippen LogP contribution >= 0.6 is 11.8 Å². The van der Waals surface area contributed by atoms with Crippen LogP contribution in [-0.2, 0) is 30.4 Å². The van der Waals surface area contributed by atoms with Gasteiger partial charge in [-0.25, -0.2) is 4.79 Å². The van der Waals surface area contributed by atoms with Gasteiger partial charge in [-0.1, -0.05) is 12.1 Å². The number of carbonyl (C=O) groups excluding carboxylic acids is 4. The molecular weight excluding hydrogens is 506 g/mol. The van der Waals surface area contributed by atoms with Crippen molar-refractivity contribution in [3.05, 3.63) is 29.8 Å². The molecule has 0 aliphatic carbocycles. The first kappa shape index (κ1) is 31.7. The third kappa shape index (κ3) is 11.5. The number of nitrogens with two attached hydrogens (primary N) is 2. The first-order valence-corrected chi connectivity index (χ1v) is 12.9. The molecule has 37 heavy (non-hydrogen) atoms. The van der Waals surface area contributed by atoms with Crippen molar-refractivity contribution in [2.45, 2.75) is 62.9 Å². The molecule has 206 valence electrons. The molecule has 14 heteroatoms. The Hall–Kier alpha value is -3.36. The fraction of sp³-hybridized carbons (Fsp3) is 0.522. The molecule has 1 rings (SSSR count). The number of hydrogen-bond donors (Lipinski definition) is 8. The van der Waals surface area contributed by atoms with E-state index < -0.39 is 59.9 Å². The zero-order valence-corrected chi connectivity index (χ0v) is 21.5. The zero-order chi connectivity index (χ0) is 28.1. The van der Waals surface area contributed by atoms with Crippen molar-refractivity contribution in [2.24, 2.45) is 11.5 Å². The van der Waals surface area contributed by atoms with Crippen LogP contribution < -0.4 is 27.4 Å². The number of aliphatic hydroxyl groups excluding tert-OH is 1. The summed E-state index contributed by atoms with van der Waals surface area (Å²) < 4.78 is 0. The SMILES string of the molecule is CSCCC(NC(=O)C(NC(=O)C(Cc1ccc(O)cc1)NC(=O)C(N)CCC(N)=O)C(C)O)C(=O)O. The van der Waals surface area contributed by atoms with Crippen molar-refractivity contribution in [1.82, 2.24) is 16.0 Å². The van der Waals surface area contributed by atoms with Gasteiger partial charge < -0.3 is 42.7 Å². The van der Waals surface area contributed by atoms with Crippen molar-refractivity contribution in [3.8, 4) is 5.75 Å². The van der Waals surface area contributed by atoms with Crippen LogP contribution in [0.1, 0.15) is 31.7 Å². The lowest BCUT2D eigenvalue weighted by atomic mass is 10.0. The number of nitrogens with one attached hydrogen (secondary N) is 3. The van der Waals surface area contributed by atoms with Crippen molar-refractivity contribution < 1.29 is 39.3 Å². The van der Waals surface area contributed by atoms with E-state index in [-0.39, 0.29) is 31.4 Å². The maximum Gasteiger partial charge on any atom is 0.326 e. The molecule has 0 aliphatic heterocycles.